The molecule has 2 rings (SSSR count). The zero-order chi connectivity index (χ0) is 10.0. The number of carboxylic acid groups (broad SMARTS) is 1. The van der Waals surface area contributed by atoms with Gasteiger partial charge in [0.1, 0.15) is 4.75 Å². The topological polar surface area (TPSA) is 50.2 Å². The number of hydrogen-bond acceptors (Lipinski definition) is 4. The monoisotopic (exact) mass is 229 g/mol. The SMILES string of the molecule is O=C(O)C1(Cc2nccs2)CCCS1. The van der Waals surface area contributed by atoms with Crippen LogP contribution in [0.3, 0.4) is 0 Å². The lowest BCUT2D eigenvalue weighted by Crippen LogP contribution is -2.34. The van der Waals surface area contributed by atoms with Gasteiger partial charge in [-0.15, -0.1) is 23.1 Å². The lowest BCUT2D eigenvalue weighted by molar-refractivity contribution is -0.139. The van der Waals surface area contributed by atoms with Gasteiger partial charge in [0.2, 0.25) is 0 Å². The molecule has 14 heavy (non-hydrogen) atoms. The Morgan fingerprint density at radius 3 is 3.07 bits per heavy atom. The summed E-state index contributed by atoms with van der Waals surface area (Å²) in [5, 5.41) is 12.0. The second kappa shape index (κ2) is 3.90. The number of rotatable bonds is 3. The van der Waals surface area contributed by atoms with Crippen molar-refractivity contribution in [3.05, 3.63) is 16.6 Å². The first-order valence-electron chi connectivity index (χ1n) is 4.49. The Morgan fingerprint density at radius 1 is 1.71 bits per heavy atom. The summed E-state index contributed by atoms with van der Waals surface area (Å²) in [5.74, 6) is 0.271. The Hall–Kier alpha value is -0.550. The zero-order valence-electron chi connectivity index (χ0n) is 7.60. The van der Waals surface area contributed by atoms with Crippen LogP contribution >= 0.6 is 23.1 Å². The van der Waals surface area contributed by atoms with E-state index in [-0.39, 0.29) is 0 Å². The number of thioether (sulfide) groups is 1. The van der Waals surface area contributed by atoms with E-state index in [0.29, 0.717) is 6.42 Å². The molecule has 3 nitrogen and oxygen atoms in total. The number of hydrogen-bond donors (Lipinski definition) is 1. The van der Waals surface area contributed by atoms with Crippen molar-refractivity contribution < 1.29 is 9.90 Å². The number of aromatic nitrogens is 1. The highest BCUT2D eigenvalue weighted by molar-refractivity contribution is 8.01. The van der Waals surface area contributed by atoms with Gasteiger partial charge in [0.25, 0.3) is 0 Å². The molecule has 1 atom stereocenters. The van der Waals surface area contributed by atoms with Crippen molar-refractivity contribution in [1.82, 2.24) is 4.98 Å². The largest absolute Gasteiger partial charge is 0.480 e. The first-order chi connectivity index (χ1) is 6.73. The van der Waals surface area contributed by atoms with E-state index in [2.05, 4.69) is 4.98 Å². The fourth-order valence-electron chi connectivity index (χ4n) is 1.67. The van der Waals surface area contributed by atoms with E-state index in [1.807, 2.05) is 5.38 Å². The van der Waals surface area contributed by atoms with E-state index < -0.39 is 10.7 Å². The molecular formula is C9H11NO2S2. The molecule has 0 amide bonds. The minimum atomic E-state index is -0.685. The predicted octanol–water partition coefficient (Wildman–Crippen LogP) is 2.04. The van der Waals surface area contributed by atoms with Crippen LogP contribution in [0.25, 0.3) is 0 Å². The molecular weight excluding hydrogens is 218 g/mol. The lowest BCUT2D eigenvalue weighted by Gasteiger charge is -2.21. The molecule has 2 heterocycles. The Morgan fingerprint density at radius 2 is 2.57 bits per heavy atom. The van der Waals surface area contributed by atoms with E-state index in [0.717, 1.165) is 23.6 Å². The number of nitrogens with zero attached hydrogens (tertiary/aromatic N) is 1. The quantitative estimate of drug-likeness (QED) is 0.861. The summed E-state index contributed by atoms with van der Waals surface area (Å²) in [7, 11) is 0. The Balaban J connectivity index is 2.16. The molecule has 1 aromatic heterocycles. The molecule has 76 valence electrons. The third-order valence-electron chi connectivity index (χ3n) is 2.41. The van der Waals surface area contributed by atoms with Gasteiger partial charge in [-0.2, -0.15) is 0 Å². The minimum Gasteiger partial charge on any atom is -0.480 e. The average Bonchev–Trinajstić information content (AvgIpc) is 2.76. The standard InChI is InChI=1S/C9H11NO2S2/c11-8(12)9(2-1-4-14-9)6-7-10-3-5-13-7/h3,5H,1-2,4,6H2,(H,11,12). The van der Waals surface area contributed by atoms with Gasteiger partial charge >= 0.3 is 5.97 Å². The predicted molar refractivity (Wildman–Crippen MR) is 57.9 cm³/mol. The van der Waals surface area contributed by atoms with Crippen molar-refractivity contribution in [2.24, 2.45) is 0 Å². The fraction of sp³-hybridized carbons (Fsp3) is 0.556. The second-order valence-electron chi connectivity index (χ2n) is 3.35. The van der Waals surface area contributed by atoms with Crippen LogP contribution in [0.4, 0.5) is 0 Å². The summed E-state index contributed by atoms with van der Waals surface area (Å²) in [5.41, 5.74) is 0. The second-order valence-corrected chi connectivity index (χ2v) is 5.81. The molecule has 1 aliphatic heterocycles. The molecule has 0 aliphatic carbocycles. The van der Waals surface area contributed by atoms with E-state index in [4.69, 9.17) is 0 Å². The molecule has 1 aromatic rings. The van der Waals surface area contributed by atoms with Crippen LogP contribution < -0.4 is 0 Å². The van der Waals surface area contributed by atoms with Gasteiger partial charge in [0.15, 0.2) is 0 Å². The van der Waals surface area contributed by atoms with Crippen molar-refractivity contribution in [1.29, 1.82) is 0 Å². The summed E-state index contributed by atoms with van der Waals surface area (Å²) in [6.07, 6.45) is 4.08. The number of carbonyl (C=O) groups is 1. The van der Waals surface area contributed by atoms with Crippen molar-refractivity contribution in [2.75, 3.05) is 5.75 Å². The average molecular weight is 229 g/mol. The highest BCUT2D eigenvalue weighted by atomic mass is 32.2. The van der Waals surface area contributed by atoms with Gasteiger partial charge in [0.05, 0.1) is 5.01 Å². The van der Waals surface area contributed by atoms with Gasteiger partial charge < -0.3 is 5.11 Å². The summed E-state index contributed by atoms with van der Waals surface area (Å²) in [6.45, 7) is 0. The highest BCUT2D eigenvalue weighted by Crippen LogP contribution is 2.41. The normalized spacial score (nSPS) is 26.6. The van der Waals surface area contributed by atoms with Crippen molar-refractivity contribution in [3.63, 3.8) is 0 Å². The first-order valence-corrected chi connectivity index (χ1v) is 6.35. The Labute approximate surface area is 90.6 Å². The molecule has 0 radical (unpaired) electrons. The molecule has 0 aromatic carbocycles. The van der Waals surface area contributed by atoms with Gasteiger partial charge in [-0.25, -0.2) is 4.98 Å². The molecule has 1 N–H and O–H groups in total. The van der Waals surface area contributed by atoms with E-state index in [1.165, 1.54) is 11.3 Å². The van der Waals surface area contributed by atoms with Crippen LogP contribution in [0.2, 0.25) is 0 Å². The minimum absolute atomic E-state index is 0.574. The van der Waals surface area contributed by atoms with Crippen molar-refractivity contribution in [2.45, 2.75) is 24.0 Å². The molecule has 1 saturated heterocycles. The van der Waals surface area contributed by atoms with Crippen LogP contribution in [0, 0.1) is 0 Å². The van der Waals surface area contributed by atoms with Gasteiger partial charge in [-0.1, -0.05) is 0 Å². The molecule has 1 fully saturated rings. The molecule has 5 heteroatoms. The Bertz CT molecular complexity index is 318. The van der Waals surface area contributed by atoms with E-state index >= 15 is 0 Å². The lowest BCUT2D eigenvalue weighted by atomic mass is 10.00. The van der Waals surface area contributed by atoms with Crippen LogP contribution in [-0.4, -0.2) is 26.6 Å². The summed E-state index contributed by atoms with van der Waals surface area (Å²) in [4.78, 5) is 15.4. The van der Waals surface area contributed by atoms with Crippen LogP contribution in [0.1, 0.15) is 17.8 Å². The zero-order valence-corrected chi connectivity index (χ0v) is 9.24. The number of aliphatic carboxylic acids is 1. The van der Waals surface area contributed by atoms with E-state index in [1.54, 1.807) is 18.0 Å². The van der Waals surface area contributed by atoms with Crippen LogP contribution in [0.5, 0.6) is 0 Å². The molecule has 1 unspecified atom stereocenters. The molecule has 0 bridgehead atoms. The van der Waals surface area contributed by atoms with Gasteiger partial charge in [-0.3, -0.25) is 4.79 Å². The molecule has 0 spiro atoms. The van der Waals surface area contributed by atoms with Gasteiger partial charge in [0, 0.05) is 18.0 Å². The summed E-state index contributed by atoms with van der Waals surface area (Å²) >= 11 is 3.10. The van der Waals surface area contributed by atoms with Crippen molar-refractivity contribution in [3.8, 4) is 0 Å². The number of thiazole rings is 1. The summed E-state index contributed by atoms with van der Waals surface area (Å²) < 4.78 is -0.599. The maximum Gasteiger partial charge on any atom is 0.320 e. The maximum absolute atomic E-state index is 11.2. The molecule has 1 aliphatic rings. The summed E-state index contributed by atoms with van der Waals surface area (Å²) in [6, 6.07) is 0. The first kappa shape index (κ1) is 9.98. The van der Waals surface area contributed by atoms with Crippen LogP contribution in [0.15, 0.2) is 11.6 Å². The van der Waals surface area contributed by atoms with Crippen LogP contribution in [-0.2, 0) is 11.2 Å². The van der Waals surface area contributed by atoms with E-state index in [9.17, 15) is 9.90 Å². The fourth-order valence-corrected chi connectivity index (χ4v) is 3.82. The van der Waals surface area contributed by atoms with Gasteiger partial charge in [-0.05, 0) is 18.6 Å². The highest BCUT2D eigenvalue weighted by Gasteiger charge is 2.42. The number of carboxylic acids is 1. The maximum atomic E-state index is 11.2. The third-order valence-corrected chi connectivity index (χ3v) is 4.76. The Kier molecular flexibility index (Phi) is 2.78. The molecule has 0 saturated carbocycles. The smallest absolute Gasteiger partial charge is 0.320 e. The van der Waals surface area contributed by atoms with Crippen molar-refractivity contribution >= 4 is 29.1 Å². The third kappa shape index (κ3) is 1.79.